The zero-order chi connectivity index (χ0) is 20.8. The minimum atomic E-state index is -0.656. The van der Waals surface area contributed by atoms with Crippen molar-refractivity contribution in [3.05, 3.63) is 59.4 Å². The Morgan fingerprint density at radius 2 is 1.83 bits per heavy atom. The monoisotopic (exact) mass is 395 g/mol. The summed E-state index contributed by atoms with van der Waals surface area (Å²) in [5.41, 5.74) is 3.86. The van der Waals surface area contributed by atoms with Crippen LogP contribution >= 0.6 is 0 Å². The number of nitrogens with zero attached hydrogens (tertiary/aromatic N) is 3. The Balaban J connectivity index is 1.62. The van der Waals surface area contributed by atoms with E-state index in [1.54, 1.807) is 12.3 Å². The van der Waals surface area contributed by atoms with Gasteiger partial charge in [0.1, 0.15) is 0 Å². The van der Waals surface area contributed by atoms with Crippen LogP contribution in [0.1, 0.15) is 22.7 Å². The van der Waals surface area contributed by atoms with E-state index in [1.165, 1.54) is 0 Å². The highest BCUT2D eigenvalue weighted by Crippen LogP contribution is 2.21. The highest BCUT2D eigenvalue weighted by molar-refractivity contribution is 6.39. The molecule has 1 aromatic heterocycles. The van der Waals surface area contributed by atoms with Crippen LogP contribution in [-0.4, -0.2) is 66.4 Å². The molecule has 0 unspecified atom stereocenters. The van der Waals surface area contributed by atoms with Crippen LogP contribution in [0.5, 0.6) is 0 Å². The summed E-state index contributed by atoms with van der Waals surface area (Å²) < 4.78 is 0. The number of rotatable bonds is 5. The van der Waals surface area contributed by atoms with Crippen LogP contribution < -0.4 is 10.6 Å². The van der Waals surface area contributed by atoms with Gasteiger partial charge in [-0.15, -0.1) is 0 Å². The van der Waals surface area contributed by atoms with Crippen LogP contribution in [0.25, 0.3) is 0 Å². The lowest BCUT2D eigenvalue weighted by molar-refractivity contribution is -0.136. The Kier molecular flexibility index (Phi) is 6.95. The summed E-state index contributed by atoms with van der Waals surface area (Å²) in [4.78, 5) is 33.6. The van der Waals surface area contributed by atoms with Gasteiger partial charge in [0, 0.05) is 50.8 Å². The van der Waals surface area contributed by atoms with Gasteiger partial charge in [-0.3, -0.25) is 19.5 Å². The van der Waals surface area contributed by atoms with Gasteiger partial charge >= 0.3 is 11.8 Å². The van der Waals surface area contributed by atoms with Crippen molar-refractivity contribution in [1.29, 1.82) is 0 Å². The quantitative estimate of drug-likeness (QED) is 0.754. The maximum absolute atomic E-state index is 12.4. The molecule has 7 heteroatoms. The van der Waals surface area contributed by atoms with Gasteiger partial charge in [-0.05, 0) is 55.8 Å². The molecule has 0 aliphatic carbocycles. The fraction of sp³-hybridized carbons (Fsp3) is 0.409. The summed E-state index contributed by atoms with van der Waals surface area (Å²) in [5.74, 6) is -1.29. The molecular formula is C22H29N5O2. The Morgan fingerprint density at radius 1 is 1.07 bits per heavy atom. The molecule has 2 heterocycles. The van der Waals surface area contributed by atoms with Gasteiger partial charge < -0.3 is 15.5 Å². The number of benzene rings is 1. The van der Waals surface area contributed by atoms with Gasteiger partial charge in [0.2, 0.25) is 0 Å². The van der Waals surface area contributed by atoms with Crippen molar-refractivity contribution >= 4 is 17.5 Å². The van der Waals surface area contributed by atoms with Gasteiger partial charge in [-0.25, -0.2) is 0 Å². The van der Waals surface area contributed by atoms with Gasteiger partial charge in [0.05, 0.1) is 6.04 Å². The zero-order valence-corrected chi connectivity index (χ0v) is 17.3. The number of amides is 2. The van der Waals surface area contributed by atoms with Crippen LogP contribution in [0.4, 0.5) is 5.69 Å². The smallest absolute Gasteiger partial charge is 0.313 e. The fourth-order valence-corrected chi connectivity index (χ4v) is 3.44. The van der Waals surface area contributed by atoms with Crippen LogP contribution in [-0.2, 0) is 9.59 Å². The molecule has 1 fully saturated rings. The number of hydrogen-bond donors (Lipinski definition) is 2. The Labute approximate surface area is 172 Å². The van der Waals surface area contributed by atoms with Crippen LogP contribution in [0.3, 0.4) is 0 Å². The average molecular weight is 396 g/mol. The number of anilines is 1. The third kappa shape index (κ3) is 5.62. The number of aryl methyl sites for hydroxylation is 2. The van der Waals surface area contributed by atoms with Crippen molar-refractivity contribution in [2.75, 3.05) is 45.1 Å². The first-order chi connectivity index (χ1) is 13.9. The maximum atomic E-state index is 12.4. The van der Waals surface area contributed by atoms with Crippen molar-refractivity contribution in [3.8, 4) is 0 Å². The second-order valence-corrected chi connectivity index (χ2v) is 7.60. The lowest BCUT2D eigenvalue weighted by atomic mass is 10.1. The topological polar surface area (TPSA) is 77.6 Å². The number of pyridine rings is 1. The number of hydrogen-bond acceptors (Lipinski definition) is 5. The van der Waals surface area contributed by atoms with E-state index in [0.717, 1.165) is 42.9 Å². The van der Waals surface area contributed by atoms with E-state index in [0.29, 0.717) is 12.2 Å². The second-order valence-electron chi connectivity index (χ2n) is 7.60. The maximum Gasteiger partial charge on any atom is 0.313 e. The lowest BCUT2D eigenvalue weighted by Crippen LogP contribution is -2.49. The molecule has 154 valence electrons. The number of aromatic nitrogens is 1. The molecule has 1 aliphatic heterocycles. The van der Waals surface area contributed by atoms with Gasteiger partial charge in [0.25, 0.3) is 0 Å². The van der Waals surface area contributed by atoms with Crippen LogP contribution in [0, 0.1) is 13.8 Å². The van der Waals surface area contributed by atoms with Crippen molar-refractivity contribution in [2.45, 2.75) is 19.9 Å². The molecule has 0 spiro atoms. The molecule has 0 bridgehead atoms. The molecule has 0 radical (unpaired) electrons. The van der Waals surface area contributed by atoms with E-state index in [-0.39, 0.29) is 6.04 Å². The van der Waals surface area contributed by atoms with E-state index >= 15 is 0 Å². The largest absolute Gasteiger partial charge is 0.346 e. The first kappa shape index (κ1) is 21.0. The molecule has 2 aromatic rings. The molecule has 3 rings (SSSR count). The van der Waals surface area contributed by atoms with E-state index < -0.39 is 11.8 Å². The van der Waals surface area contributed by atoms with E-state index in [2.05, 4.69) is 32.5 Å². The highest BCUT2D eigenvalue weighted by Gasteiger charge is 2.25. The van der Waals surface area contributed by atoms with Gasteiger partial charge in [-0.1, -0.05) is 12.1 Å². The predicted octanol–water partition coefficient (Wildman–Crippen LogP) is 1.74. The normalized spacial score (nSPS) is 16.2. The van der Waals surface area contributed by atoms with Crippen LogP contribution in [0.2, 0.25) is 0 Å². The Morgan fingerprint density at radius 3 is 2.48 bits per heavy atom. The lowest BCUT2D eigenvalue weighted by Gasteiger charge is -2.38. The summed E-state index contributed by atoms with van der Waals surface area (Å²) >= 11 is 0. The summed E-state index contributed by atoms with van der Waals surface area (Å²) in [6.07, 6.45) is 3.56. The third-order valence-corrected chi connectivity index (χ3v) is 5.47. The number of piperazine rings is 1. The first-order valence-corrected chi connectivity index (χ1v) is 9.93. The summed E-state index contributed by atoms with van der Waals surface area (Å²) in [7, 11) is 2.11. The molecule has 2 amide bonds. The van der Waals surface area contributed by atoms with Crippen molar-refractivity contribution in [2.24, 2.45) is 0 Å². The fourth-order valence-electron chi connectivity index (χ4n) is 3.44. The molecule has 2 N–H and O–H groups in total. The highest BCUT2D eigenvalue weighted by atomic mass is 16.2. The number of carbonyl (C=O) groups is 2. The molecular weight excluding hydrogens is 366 g/mol. The molecule has 7 nitrogen and oxygen atoms in total. The molecule has 1 saturated heterocycles. The van der Waals surface area contributed by atoms with Gasteiger partial charge in [-0.2, -0.15) is 0 Å². The second kappa shape index (κ2) is 9.62. The molecule has 1 aliphatic rings. The number of carbonyl (C=O) groups excluding carboxylic acids is 2. The molecule has 0 saturated carbocycles. The average Bonchev–Trinajstić information content (AvgIpc) is 2.72. The van der Waals surface area contributed by atoms with E-state index in [9.17, 15) is 9.59 Å². The summed E-state index contributed by atoms with van der Waals surface area (Å²) in [6.45, 7) is 8.08. The SMILES string of the molecule is Cc1ccc(NC(=O)C(=O)NC[C@H](c2cccnc2)N2CCN(C)CC2)cc1C. The summed E-state index contributed by atoms with van der Waals surface area (Å²) in [5, 5.41) is 5.48. The first-order valence-electron chi connectivity index (χ1n) is 9.93. The molecule has 1 atom stereocenters. The van der Waals surface area contributed by atoms with Gasteiger partial charge in [0.15, 0.2) is 0 Å². The number of likely N-dealkylation sites (N-methyl/N-ethyl adjacent to an activating group) is 1. The number of nitrogens with one attached hydrogen (secondary N) is 2. The molecule has 1 aromatic carbocycles. The standard InChI is InChI=1S/C22H29N5O2/c1-16-6-7-19(13-17(16)2)25-22(29)21(28)24-15-20(18-5-4-8-23-14-18)27-11-9-26(3)10-12-27/h4-8,13-14,20H,9-12,15H2,1-3H3,(H,24,28)(H,25,29)/t20-/m1/s1. The van der Waals surface area contributed by atoms with E-state index in [4.69, 9.17) is 0 Å². The van der Waals surface area contributed by atoms with Crippen LogP contribution in [0.15, 0.2) is 42.7 Å². The summed E-state index contributed by atoms with van der Waals surface area (Å²) in [6, 6.07) is 9.48. The molecule has 29 heavy (non-hydrogen) atoms. The van der Waals surface area contributed by atoms with Crippen molar-refractivity contribution in [3.63, 3.8) is 0 Å². The Hall–Kier alpha value is -2.77. The predicted molar refractivity (Wildman–Crippen MR) is 114 cm³/mol. The zero-order valence-electron chi connectivity index (χ0n) is 17.3. The Bertz CT molecular complexity index is 848. The third-order valence-electron chi connectivity index (χ3n) is 5.47. The minimum absolute atomic E-state index is 0.0178. The van der Waals surface area contributed by atoms with Crippen molar-refractivity contribution < 1.29 is 9.59 Å². The van der Waals surface area contributed by atoms with E-state index in [1.807, 2.05) is 44.3 Å². The van der Waals surface area contributed by atoms with Crippen molar-refractivity contribution in [1.82, 2.24) is 20.1 Å². The minimum Gasteiger partial charge on any atom is -0.346 e.